The van der Waals surface area contributed by atoms with Gasteiger partial charge in [-0.25, -0.2) is 0 Å². The van der Waals surface area contributed by atoms with Crippen LogP contribution in [-0.2, 0) is 9.53 Å². The standard InChI is InChI=1S/C16H21NO5/c1-11(2)9-17(7-6-15(18)20-3)16(19)12-4-5-13-14(8-12)22-10-21-13/h4-5,8,11H,6-7,9-10H2,1-3H3. The predicted octanol–water partition coefficient (Wildman–Crippen LogP) is 2.08. The molecule has 0 fully saturated rings. The molecule has 0 aliphatic carbocycles. The van der Waals surface area contributed by atoms with Gasteiger partial charge in [0, 0.05) is 18.7 Å². The summed E-state index contributed by atoms with van der Waals surface area (Å²) in [5.41, 5.74) is 0.523. The smallest absolute Gasteiger partial charge is 0.307 e. The van der Waals surface area contributed by atoms with Crippen LogP contribution in [0.25, 0.3) is 0 Å². The number of hydrogen-bond donors (Lipinski definition) is 0. The quantitative estimate of drug-likeness (QED) is 0.753. The lowest BCUT2D eigenvalue weighted by molar-refractivity contribution is -0.140. The Morgan fingerprint density at radius 3 is 2.68 bits per heavy atom. The van der Waals surface area contributed by atoms with Gasteiger partial charge in [0.15, 0.2) is 11.5 Å². The maximum Gasteiger partial charge on any atom is 0.307 e. The Morgan fingerprint density at radius 1 is 1.27 bits per heavy atom. The zero-order valence-corrected chi connectivity index (χ0v) is 13.1. The summed E-state index contributed by atoms with van der Waals surface area (Å²) in [7, 11) is 1.34. The van der Waals surface area contributed by atoms with Gasteiger partial charge < -0.3 is 19.1 Å². The van der Waals surface area contributed by atoms with Gasteiger partial charge in [-0.3, -0.25) is 9.59 Å². The van der Waals surface area contributed by atoms with Crippen molar-refractivity contribution in [3.8, 4) is 11.5 Å². The molecule has 1 aliphatic rings. The number of carbonyl (C=O) groups excluding carboxylic acids is 2. The summed E-state index contributed by atoms with van der Waals surface area (Å²) in [6.45, 7) is 5.13. The molecule has 120 valence electrons. The Balaban J connectivity index is 2.11. The molecule has 2 rings (SSSR count). The lowest BCUT2D eigenvalue weighted by atomic mass is 10.1. The van der Waals surface area contributed by atoms with Crippen molar-refractivity contribution in [1.82, 2.24) is 4.90 Å². The molecule has 1 heterocycles. The first-order valence-corrected chi connectivity index (χ1v) is 7.27. The van der Waals surface area contributed by atoms with E-state index in [2.05, 4.69) is 4.74 Å². The Bertz CT molecular complexity index is 555. The summed E-state index contributed by atoms with van der Waals surface area (Å²) in [6.07, 6.45) is 0.180. The zero-order valence-electron chi connectivity index (χ0n) is 13.1. The fraction of sp³-hybridized carbons (Fsp3) is 0.500. The summed E-state index contributed by atoms with van der Waals surface area (Å²) in [6, 6.07) is 5.11. The van der Waals surface area contributed by atoms with Gasteiger partial charge in [0.2, 0.25) is 6.79 Å². The molecule has 0 aromatic heterocycles. The van der Waals surface area contributed by atoms with Crippen molar-refractivity contribution in [3.05, 3.63) is 23.8 Å². The van der Waals surface area contributed by atoms with E-state index in [0.717, 1.165) is 0 Å². The van der Waals surface area contributed by atoms with Crippen LogP contribution in [-0.4, -0.2) is 43.8 Å². The van der Waals surface area contributed by atoms with E-state index in [1.165, 1.54) is 7.11 Å². The first kappa shape index (κ1) is 16.1. The molecule has 1 aromatic carbocycles. The van der Waals surface area contributed by atoms with E-state index in [1.54, 1.807) is 23.1 Å². The van der Waals surface area contributed by atoms with Gasteiger partial charge in [-0.15, -0.1) is 0 Å². The molecule has 22 heavy (non-hydrogen) atoms. The van der Waals surface area contributed by atoms with Crippen LogP contribution in [0.4, 0.5) is 0 Å². The molecular formula is C16H21NO5. The second-order valence-electron chi connectivity index (χ2n) is 5.54. The van der Waals surface area contributed by atoms with Gasteiger partial charge in [0.05, 0.1) is 13.5 Å². The number of nitrogens with zero attached hydrogens (tertiary/aromatic N) is 1. The number of esters is 1. The largest absolute Gasteiger partial charge is 0.469 e. The average molecular weight is 307 g/mol. The first-order valence-electron chi connectivity index (χ1n) is 7.27. The summed E-state index contributed by atoms with van der Waals surface area (Å²) in [5, 5.41) is 0. The molecule has 6 heteroatoms. The van der Waals surface area contributed by atoms with Crippen LogP contribution >= 0.6 is 0 Å². The minimum atomic E-state index is -0.327. The van der Waals surface area contributed by atoms with E-state index >= 15 is 0 Å². The molecule has 0 bridgehead atoms. The molecule has 0 atom stereocenters. The number of methoxy groups -OCH3 is 1. The lowest BCUT2D eigenvalue weighted by Crippen LogP contribution is -2.36. The number of fused-ring (bicyclic) bond motifs is 1. The predicted molar refractivity (Wildman–Crippen MR) is 79.9 cm³/mol. The summed E-state index contributed by atoms with van der Waals surface area (Å²) in [4.78, 5) is 25.6. The zero-order chi connectivity index (χ0) is 16.1. The third-order valence-corrected chi connectivity index (χ3v) is 3.31. The van der Waals surface area contributed by atoms with Gasteiger partial charge >= 0.3 is 5.97 Å². The van der Waals surface area contributed by atoms with Gasteiger partial charge in [-0.05, 0) is 24.1 Å². The molecule has 0 N–H and O–H groups in total. The van der Waals surface area contributed by atoms with Crippen LogP contribution < -0.4 is 9.47 Å². The average Bonchev–Trinajstić information content (AvgIpc) is 2.97. The van der Waals surface area contributed by atoms with Crippen molar-refractivity contribution < 1.29 is 23.8 Å². The van der Waals surface area contributed by atoms with Crippen LogP contribution in [0, 0.1) is 5.92 Å². The van der Waals surface area contributed by atoms with Crippen molar-refractivity contribution in [1.29, 1.82) is 0 Å². The molecular weight excluding hydrogens is 286 g/mol. The molecule has 0 spiro atoms. The minimum Gasteiger partial charge on any atom is -0.469 e. The SMILES string of the molecule is COC(=O)CCN(CC(C)C)C(=O)c1ccc2c(c1)OCO2. The van der Waals surface area contributed by atoms with E-state index < -0.39 is 0 Å². The number of hydrogen-bond acceptors (Lipinski definition) is 5. The molecule has 6 nitrogen and oxygen atoms in total. The maximum atomic E-state index is 12.7. The normalized spacial score (nSPS) is 12.4. The molecule has 0 unspecified atom stereocenters. The molecule has 1 aliphatic heterocycles. The minimum absolute atomic E-state index is 0.129. The van der Waals surface area contributed by atoms with Crippen LogP contribution in [0.3, 0.4) is 0 Å². The van der Waals surface area contributed by atoms with Crippen LogP contribution in [0.2, 0.25) is 0 Å². The Labute approximate surface area is 129 Å². The number of amides is 1. The highest BCUT2D eigenvalue weighted by Gasteiger charge is 2.21. The van der Waals surface area contributed by atoms with Crippen molar-refractivity contribution in [3.63, 3.8) is 0 Å². The van der Waals surface area contributed by atoms with Crippen molar-refractivity contribution >= 4 is 11.9 Å². The topological polar surface area (TPSA) is 65.1 Å². The third-order valence-electron chi connectivity index (χ3n) is 3.31. The van der Waals surface area contributed by atoms with Gasteiger partial charge in [-0.1, -0.05) is 13.8 Å². The van der Waals surface area contributed by atoms with Crippen molar-refractivity contribution in [2.45, 2.75) is 20.3 Å². The Hall–Kier alpha value is -2.24. The molecule has 0 radical (unpaired) electrons. The summed E-state index contributed by atoms with van der Waals surface area (Å²) < 4.78 is 15.2. The Morgan fingerprint density at radius 2 is 2.00 bits per heavy atom. The van der Waals surface area contributed by atoms with E-state index in [0.29, 0.717) is 36.1 Å². The Kier molecular flexibility index (Phi) is 5.25. The highest BCUT2D eigenvalue weighted by atomic mass is 16.7. The maximum absolute atomic E-state index is 12.7. The second-order valence-corrected chi connectivity index (χ2v) is 5.54. The molecule has 1 amide bonds. The number of rotatable bonds is 6. The number of benzene rings is 1. The van der Waals surface area contributed by atoms with E-state index in [-0.39, 0.29) is 25.1 Å². The van der Waals surface area contributed by atoms with Gasteiger partial charge in [0.25, 0.3) is 5.91 Å². The molecule has 0 saturated carbocycles. The second kappa shape index (κ2) is 7.15. The van der Waals surface area contributed by atoms with Crippen LogP contribution in [0.15, 0.2) is 18.2 Å². The summed E-state index contributed by atoms with van der Waals surface area (Å²) >= 11 is 0. The lowest BCUT2D eigenvalue weighted by Gasteiger charge is -2.24. The summed E-state index contributed by atoms with van der Waals surface area (Å²) in [5.74, 6) is 1.06. The van der Waals surface area contributed by atoms with Gasteiger partial charge in [0.1, 0.15) is 0 Å². The number of carbonyl (C=O) groups is 2. The van der Waals surface area contributed by atoms with Gasteiger partial charge in [-0.2, -0.15) is 0 Å². The van der Waals surface area contributed by atoms with E-state index in [4.69, 9.17) is 9.47 Å². The highest BCUT2D eigenvalue weighted by molar-refractivity contribution is 5.95. The van der Waals surface area contributed by atoms with Crippen molar-refractivity contribution in [2.75, 3.05) is 27.0 Å². The molecule has 0 saturated heterocycles. The van der Waals surface area contributed by atoms with E-state index in [9.17, 15) is 9.59 Å². The van der Waals surface area contributed by atoms with Crippen LogP contribution in [0.5, 0.6) is 11.5 Å². The monoisotopic (exact) mass is 307 g/mol. The first-order chi connectivity index (χ1) is 10.5. The van der Waals surface area contributed by atoms with E-state index in [1.807, 2.05) is 13.8 Å². The fourth-order valence-electron chi connectivity index (χ4n) is 2.26. The van der Waals surface area contributed by atoms with Crippen molar-refractivity contribution in [2.24, 2.45) is 5.92 Å². The highest BCUT2D eigenvalue weighted by Crippen LogP contribution is 2.32. The van der Waals surface area contributed by atoms with Crippen LogP contribution in [0.1, 0.15) is 30.6 Å². The fourth-order valence-corrected chi connectivity index (χ4v) is 2.26. The molecule has 1 aromatic rings. The third kappa shape index (κ3) is 3.90. The number of ether oxygens (including phenoxy) is 3.